The summed E-state index contributed by atoms with van der Waals surface area (Å²) in [5, 5.41) is 13.1. The average molecular weight is 492 g/mol. The van der Waals surface area contributed by atoms with Crippen LogP contribution >= 0.6 is 11.6 Å². The fourth-order valence-electron chi connectivity index (χ4n) is 5.25. The molecule has 3 heterocycles. The Kier molecular flexibility index (Phi) is 6.93. The predicted molar refractivity (Wildman–Crippen MR) is 138 cm³/mol. The fourth-order valence-corrected chi connectivity index (χ4v) is 5.61. The SMILES string of the molecule is O=C1CCC(c2cccc(-c3ccc(N4CCC(CN5C=CC=CC5O)CC4)cc3)c2Cl)C(=O)N1. The number of nitrogens with one attached hydrogen (secondary N) is 1. The molecule has 7 heteroatoms. The highest BCUT2D eigenvalue weighted by Gasteiger charge is 2.30. The summed E-state index contributed by atoms with van der Waals surface area (Å²) in [6, 6.07) is 14.2. The van der Waals surface area contributed by atoms with Gasteiger partial charge < -0.3 is 14.9 Å². The van der Waals surface area contributed by atoms with Crippen LogP contribution < -0.4 is 10.2 Å². The van der Waals surface area contributed by atoms with Crippen LogP contribution in [-0.2, 0) is 9.59 Å². The predicted octanol–water partition coefficient (Wildman–Crippen LogP) is 4.45. The minimum absolute atomic E-state index is 0.226. The highest BCUT2D eigenvalue weighted by Crippen LogP contribution is 2.38. The van der Waals surface area contributed by atoms with Gasteiger partial charge in [-0.2, -0.15) is 0 Å². The summed E-state index contributed by atoms with van der Waals surface area (Å²) in [5.74, 6) is -0.346. The smallest absolute Gasteiger partial charge is 0.234 e. The lowest BCUT2D eigenvalue weighted by Crippen LogP contribution is -2.40. The zero-order chi connectivity index (χ0) is 24.4. The van der Waals surface area contributed by atoms with E-state index >= 15 is 0 Å². The first-order valence-corrected chi connectivity index (χ1v) is 12.6. The molecule has 35 heavy (non-hydrogen) atoms. The molecule has 0 spiro atoms. The van der Waals surface area contributed by atoms with Crippen LogP contribution in [0.3, 0.4) is 0 Å². The van der Waals surface area contributed by atoms with Crippen LogP contribution in [0.1, 0.15) is 37.2 Å². The van der Waals surface area contributed by atoms with E-state index in [1.54, 1.807) is 0 Å². The Hall–Kier alpha value is -3.09. The van der Waals surface area contributed by atoms with Crippen molar-refractivity contribution in [2.75, 3.05) is 24.5 Å². The number of rotatable bonds is 5. The molecule has 2 aromatic rings. The van der Waals surface area contributed by atoms with Gasteiger partial charge >= 0.3 is 0 Å². The van der Waals surface area contributed by atoms with E-state index in [4.69, 9.17) is 11.6 Å². The lowest BCUT2D eigenvalue weighted by atomic mass is 9.88. The number of anilines is 1. The Morgan fingerprint density at radius 3 is 2.49 bits per heavy atom. The first kappa shape index (κ1) is 23.6. The number of aliphatic hydroxyl groups excluding tert-OH is 1. The van der Waals surface area contributed by atoms with Crippen molar-refractivity contribution in [2.45, 2.75) is 37.8 Å². The Labute approximate surface area is 210 Å². The molecule has 2 saturated heterocycles. The number of carbonyl (C=O) groups excluding carboxylic acids is 2. The second kappa shape index (κ2) is 10.3. The van der Waals surface area contributed by atoms with Gasteiger partial charge in [-0.25, -0.2) is 0 Å². The van der Waals surface area contributed by atoms with Gasteiger partial charge in [-0.3, -0.25) is 14.9 Å². The number of halogens is 1. The van der Waals surface area contributed by atoms with Gasteiger partial charge in [-0.15, -0.1) is 0 Å². The summed E-state index contributed by atoms with van der Waals surface area (Å²) in [5.41, 5.74) is 3.85. The van der Waals surface area contributed by atoms with Crippen molar-refractivity contribution in [1.82, 2.24) is 10.2 Å². The maximum absolute atomic E-state index is 12.4. The normalized spacial score (nSPS) is 23.0. The van der Waals surface area contributed by atoms with Gasteiger partial charge in [-0.1, -0.05) is 48.0 Å². The molecule has 0 saturated carbocycles. The van der Waals surface area contributed by atoms with Crippen molar-refractivity contribution in [3.8, 4) is 11.1 Å². The minimum Gasteiger partial charge on any atom is -0.372 e. The molecule has 0 aliphatic carbocycles. The Balaban J connectivity index is 1.24. The highest BCUT2D eigenvalue weighted by molar-refractivity contribution is 6.34. The summed E-state index contributed by atoms with van der Waals surface area (Å²) in [6.07, 6.45) is 10.1. The van der Waals surface area contributed by atoms with Crippen LogP contribution in [0.4, 0.5) is 5.69 Å². The highest BCUT2D eigenvalue weighted by atomic mass is 35.5. The van der Waals surface area contributed by atoms with Crippen LogP contribution in [0.25, 0.3) is 11.1 Å². The van der Waals surface area contributed by atoms with Crippen molar-refractivity contribution in [1.29, 1.82) is 0 Å². The third-order valence-corrected chi connectivity index (χ3v) is 7.70. The summed E-state index contributed by atoms with van der Waals surface area (Å²) in [7, 11) is 0. The van der Waals surface area contributed by atoms with Gasteiger partial charge in [0.15, 0.2) is 0 Å². The molecule has 2 atom stereocenters. The topological polar surface area (TPSA) is 72.9 Å². The van der Waals surface area contributed by atoms with E-state index in [2.05, 4.69) is 34.5 Å². The summed E-state index contributed by atoms with van der Waals surface area (Å²) < 4.78 is 0. The molecule has 2 aromatic carbocycles. The molecule has 3 aliphatic heterocycles. The minimum atomic E-state index is -0.522. The second-order valence-electron chi connectivity index (χ2n) is 9.53. The van der Waals surface area contributed by atoms with Crippen molar-refractivity contribution in [2.24, 2.45) is 5.92 Å². The molecule has 6 nitrogen and oxygen atoms in total. The average Bonchev–Trinajstić information content (AvgIpc) is 2.87. The van der Waals surface area contributed by atoms with Gasteiger partial charge in [0.25, 0.3) is 0 Å². The van der Waals surface area contributed by atoms with Gasteiger partial charge in [0.2, 0.25) is 11.8 Å². The number of benzene rings is 2. The van der Waals surface area contributed by atoms with E-state index < -0.39 is 12.1 Å². The fraction of sp³-hybridized carbons (Fsp3) is 0.357. The molecule has 2 unspecified atom stereocenters. The van der Waals surface area contributed by atoms with Crippen LogP contribution in [0.2, 0.25) is 5.02 Å². The van der Waals surface area contributed by atoms with Crippen LogP contribution in [0, 0.1) is 5.92 Å². The zero-order valence-corrected chi connectivity index (χ0v) is 20.3. The van der Waals surface area contributed by atoms with Crippen molar-refractivity contribution < 1.29 is 14.7 Å². The molecular weight excluding hydrogens is 462 g/mol. The monoisotopic (exact) mass is 491 g/mol. The van der Waals surface area contributed by atoms with E-state index in [-0.39, 0.29) is 11.8 Å². The maximum Gasteiger partial charge on any atom is 0.234 e. The number of imide groups is 1. The van der Waals surface area contributed by atoms with Gasteiger partial charge in [-0.05, 0) is 60.6 Å². The maximum atomic E-state index is 12.4. The molecule has 2 N–H and O–H groups in total. The molecule has 0 radical (unpaired) electrons. The van der Waals surface area contributed by atoms with Gasteiger partial charge in [0, 0.05) is 43.5 Å². The van der Waals surface area contributed by atoms with Crippen LogP contribution in [-0.4, -0.2) is 47.7 Å². The number of allylic oxidation sites excluding steroid dienone is 2. The number of aliphatic hydroxyl groups is 1. The van der Waals surface area contributed by atoms with Crippen molar-refractivity contribution >= 4 is 29.1 Å². The third kappa shape index (κ3) is 5.14. The third-order valence-electron chi connectivity index (χ3n) is 7.28. The largest absolute Gasteiger partial charge is 0.372 e. The Bertz CT molecular complexity index is 1150. The lowest BCUT2D eigenvalue weighted by Gasteiger charge is -2.37. The van der Waals surface area contributed by atoms with E-state index in [0.29, 0.717) is 23.8 Å². The molecule has 2 fully saturated rings. The van der Waals surface area contributed by atoms with Crippen LogP contribution in [0.15, 0.2) is 66.9 Å². The first-order chi connectivity index (χ1) is 17.0. The molecule has 2 amide bonds. The molecule has 0 bridgehead atoms. The van der Waals surface area contributed by atoms with E-state index in [9.17, 15) is 14.7 Å². The number of hydrogen-bond acceptors (Lipinski definition) is 5. The lowest BCUT2D eigenvalue weighted by molar-refractivity contribution is -0.134. The Morgan fingerprint density at radius 1 is 1.00 bits per heavy atom. The molecule has 3 aliphatic rings. The molecule has 182 valence electrons. The first-order valence-electron chi connectivity index (χ1n) is 12.3. The van der Waals surface area contributed by atoms with Crippen molar-refractivity contribution in [3.63, 3.8) is 0 Å². The van der Waals surface area contributed by atoms with Crippen LogP contribution in [0.5, 0.6) is 0 Å². The number of amides is 2. The summed E-state index contributed by atoms with van der Waals surface area (Å²) >= 11 is 6.77. The number of piperidine rings is 2. The summed E-state index contributed by atoms with van der Waals surface area (Å²) in [6.45, 7) is 2.84. The Morgan fingerprint density at radius 2 is 1.77 bits per heavy atom. The summed E-state index contributed by atoms with van der Waals surface area (Å²) in [4.78, 5) is 28.3. The standard InChI is InChI=1S/C28H30ClN3O3/c29-27-22(4-3-5-23(27)24-11-12-25(33)30-28(24)35)20-7-9-21(10-8-20)31-16-13-19(14-17-31)18-32-15-2-1-6-26(32)34/h1-10,15,19,24,26,34H,11-14,16-18H2,(H,30,33,35). The molecule has 0 aromatic heterocycles. The number of carbonyl (C=O) groups is 2. The van der Waals surface area contributed by atoms with E-state index in [1.807, 2.05) is 47.5 Å². The van der Waals surface area contributed by atoms with E-state index in [1.165, 1.54) is 5.69 Å². The molecule has 5 rings (SSSR count). The quantitative estimate of drug-likeness (QED) is 0.605. The van der Waals surface area contributed by atoms with Gasteiger partial charge in [0.05, 0.1) is 10.9 Å². The molecular formula is C28H30ClN3O3. The number of hydrogen-bond donors (Lipinski definition) is 2. The second-order valence-corrected chi connectivity index (χ2v) is 9.90. The zero-order valence-electron chi connectivity index (χ0n) is 19.6. The van der Waals surface area contributed by atoms with E-state index in [0.717, 1.165) is 49.2 Å². The van der Waals surface area contributed by atoms with Gasteiger partial charge in [0.1, 0.15) is 6.23 Å². The van der Waals surface area contributed by atoms with Crippen molar-refractivity contribution in [3.05, 3.63) is 77.5 Å². The number of nitrogens with zero attached hydrogens (tertiary/aromatic N) is 2.